The van der Waals surface area contributed by atoms with Crippen LogP contribution in [0.5, 0.6) is 0 Å². The maximum Gasteiger partial charge on any atom is 0.410 e. The van der Waals surface area contributed by atoms with Gasteiger partial charge in [-0.3, -0.25) is 9.63 Å². The number of hydroxylamine groups is 2. The number of hydrogen-bond acceptors (Lipinski definition) is 4. The Bertz CT molecular complexity index is 404. The molecule has 0 N–H and O–H groups in total. The van der Waals surface area contributed by atoms with E-state index in [-0.39, 0.29) is 29.8 Å². The smallest absolute Gasteiger partial charge is 0.410 e. The summed E-state index contributed by atoms with van der Waals surface area (Å²) in [7, 11) is 3.14. The van der Waals surface area contributed by atoms with Gasteiger partial charge in [0, 0.05) is 26.1 Å². The number of ether oxygens (including phenoxy) is 1. The van der Waals surface area contributed by atoms with Crippen molar-refractivity contribution in [3.05, 3.63) is 0 Å². The zero-order valence-corrected chi connectivity index (χ0v) is 13.6. The first-order chi connectivity index (χ1) is 9.73. The summed E-state index contributed by atoms with van der Waals surface area (Å²) in [6, 6.07) is 0. The molecule has 1 aliphatic heterocycles. The molecule has 0 aromatic carbocycles. The molecule has 2 bridgehead atoms. The number of piperidine rings is 1. The summed E-state index contributed by atoms with van der Waals surface area (Å²) in [4.78, 5) is 31.3. The molecule has 2 amide bonds. The monoisotopic (exact) mass is 298 g/mol. The van der Waals surface area contributed by atoms with Gasteiger partial charge < -0.3 is 9.64 Å². The van der Waals surface area contributed by atoms with Crippen LogP contribution in [0.25, 0.3) is 0 Å². The number of carbonyl (C=O) groups is 2. The molecule has 120 valence electrons. The molecule has 1 heterocycles. The number of rotatable bonds is 2. The summed E-state index contributed by atoms with van der Waals surface area (Å²) in [6.45, 7) is 6.79. The minimum absolute atomic E-state index is 0.0221. The second-order valence-electron chi connectivity index (χ2n) is 7.03. The van der Waals surface area contributed by atoms with Crippen molar-refractivity contribution in [2.75, 3.05) is 27.2 Å². The summed E-state index contributed by atoms with van der Waals surface area (Å²) in [5, 5.41) is 1.30. The van der Waals surface area contributed by atoms with Crippen molar-refractivity contribution >= 4 is 12.0 Å². The SMILES string of the molecule is CON(C)C(=O)C1C2CCC1CN(C(=O)OC(C)(C)C)C2. The number of hydrogen-bond donors (Lipinski definition) is 0. The average molecular weight is 298 g/mol. The van der Waals surface area contributed by atoms with Crippen molar-refractivity contribution in [2.24, 2.45) is 17.8 Å². The van der Waals surface area contributed by atoms with Gasteiger partial charge in [0.15, 0.2) is 0 Å². The summed E-state index contributed by atoms with van der Waals surface area (Å²) in [5.74, 6) is 0.408. The fourth-order valence-electron chi connectivity index (χ4n) is 3.40. The fourth-order valence-corrected chi connectivity index (χ4v) is 3.40. The zero-order valence-electron chi connectivity index (χ0n) is 13.6. The first kappa shape index (κ1) is 16.1. The highest BCUT2D eigenvalue weighted by atomic mass is 16.7. The van der Waals surface area contributed by atoms with Crippen LogP contribution in [0, 0.1) is 17.8 Å². The van der Waals surface area contributed by atoms with Gasteiger partial charge in [-0.05, 0) is 45.4 Å². The van der Waals surface area contributed by atoms with E-state index < -0.39 is 5.60 Å². The van der Waals surface area contributed by atoms with E-state index in [4.69, 9.17) is 9.57 Å². The molecule has 0 aromatic heterocycles. The molecule has 2 fully saturated rings. The Kier molecular flexibility index (Phi) is 4.46. The molecular weight excluding hydrogens is 272 g/mol. The van der Waals surface area contributed by atoms with Crippen LogP contribution >= 0.6 is 0 Å². The van der Waals surface area contributed by atoms with Crippen molar-refractivity contribution in [2.45, 2.75) is 39.2 Å². The lowest BCUT2D eigenvalue weighted by molar-refractivity contribution is -0.177. The molecule has 1 aliphatic carbocycles. The molecule has 0 spiro atoms. The predicted molar refractivity (Wildman–Crippen MR) is 77.3 cm³/mol. The van der Waals surface area contributed by atoms with E-state index in [0.29, 0.717) is 13.1 Å². The van der Waals surface area contributed by atoms with E-state index in [1.807, 2.05) is 20.8 Å². The Labute approximate surface area is 126 Å². The number of carbonyl (C=O) groups excluding carboxylic acids is 2. The van der Waals surface area contributed by atoms with E-state index in [9.17, 15) is 9.59 Å². The van der Waals surface area contributed by atoms with Crippen molar-refractivity contribution in [1.29, 1.82) is 0 Å². The highest BCUT2D eigenvalue weighted by molar-refractivity contribution is 5.79. The molecule has 6 nitrogen and oxygen atoms in total. The van der Waals surface area contributed by atoms with E-state index in [0.717, 1.165) is 12.8 Å². The van der Waals surface area contributed by atoms with Gasteiger partial charge in [-0.1, -0.05) is 0 Å². The van der Waals surface area contributed by atoms with Gasteiger partial charge in [-0.15, -0.1) is 0 Å². The van der Waals surface area contributed by atoms with Crippen LogP contribution in [-0.2, 0) is 14.4 Å². The van der Waals surface area contributed by atoms with Crippen LogP contribution in [0.4, 0.5) is 4.79 Å². The van der Waals surface area contributed by atoms with Gasteiger partial charge in [0.1, 0.15) is 5.60 Å². The van der Waals surface area contributed by atoms with Gasteiger partial charge in [0.05, 0.1) is 7.11 Å². The van der Waals surface area contributed by atoms with E-state index >= 15 is 0 Å². The topological polar surface area (TPSA) is 59.1 Å². The van der Waals surface area contributed by atoms with Crippen LogP contribution < -0.4 is 0 Å². The van der Waals surface area contributed by atoms with Crippen LogP contribution in [0.15, 0.2) is 0 Å². The quantitative estimate of drug-likeness (QED) is 0.731. The molecule has 1 saturated heterocycles. The predicted octanol–water partition coefficient (Wildman–Crippen LogP) is 1.90. The maximum atomic E-state index is 12.4. The molecule has 0 radical (unpaired) electrons. The molecule has 2 rings (SSSR count). The fraction of sp³-hybridized carbons (Fsp3) is 0.867. The molecule has 1 saturated carbocycles. The second kappa shape index (κ2) is 5.83. The lowest BCUT2D eigenvalue weighted by atomic mass is 9.84. The molecular formula is C15H26N2O4. The Morgan fingerprint density at radius 2 is 1.67 bits per heavy atom. The standard InChI is InChI=1S/C15H26N2O4/c1-15(2,3)21-14(19)17-8-10-6-7-11(9-17)12(10)13(18)16(4)20-5/h10-12H,6-9H2,1-5H3. The van der Waals surface area contributed by atoms with Crippen LogP contribution in [0.2, 0.25) is 0 Å². The zero-order chi connectivity index (χ0) is 15.8. The molecule has 21 heavy (non-hydrogen) atoms. The molecule has 2 unspecified atom stereocenters. The molecule has 2 atom stereocenters. The first-order valence-electron chi connectivity index (χ1n) is 7.52. The number of likely N-dealkylation sites (tertiary alicyclic amines) is 1. The summed E-state index contributed by atoms with van der Waals surface area (Å²) < 4.78 is 5.43. The third-order valence-electron chi connectivity index (χ3n) is 4.35. The summed E-state index contributed by atoms with van der Waals surface area (Å²) >= 11 is 0. The third-order valence-corrected chi connectivity index (χ3v) is 4.35. The normalized spacial score (nSPS) is 28.4. The molecule has 0 aromatic rings. The lowest BCUT2D eigenvalue weighted by Gasteiger charge is -2.38. The van der Waals surface area contributed by atoms with E-state index in [1.54, 1.807) is 11.9 Å². The largest absolute Gasteiger partial charge is 0.444 e. The highest BCUT2D eigenvalue weighted by Gasteiger charge is 2.48. The van der Waals surface area contributed by atoms with Crippen molar-refractivity contribution in [1.82, 2.24) is 9.96 Å². The Hall–Kier alpha value is -1.30. The average Bonchev–Trinajstić information content (AvgIpc) is 2.64. The van der Waals surface area contributed by atoms with Gasteiger partial charge in [0.25, 0.3) is 0 Å². The molecule has 2 aliphatic rings. The number of nitrogens with zero attached hydrogens (tertiary/aromatic N) is 2. The number of amides is 2. The lowest BCUT2D eigenvalue weighted by Crippen LogP contribution is -2.50. The Morgan fingerprint density at radius 3 is 2.10 bits per heavy atom. The van der Waals surface area contributed by atoms with Crippen LogP contribution in [-0.4, -0.2) is 54.8 Å². The maximum absolute atomic E-state index is 12.4. The van der Waals surface area contributed by atoms with Crippen LogP contribution in [0.1, 0.15) is 33.6 Å². The minimum atomic E-state index is -0.487. The Balaban J connectivity index is 2.02. The van der Waals surface area contributed by atoms with Gasteiger partial charge in [-0.2, -0.15) is 0 Å². The molecule has 6 heteroatoms. The number of fused-ring (bicyclic) bond motifs is 2. The Morgan fingerprint density at radius 1 is 1.14 bits per heavy atom. The van der Waals surface area contributed by atoms with Gasteiger partial charge >= 0.3 is 6.09 Å². The van der Waals surface area contributed by atoms with E-state index in [1.165, 1.54) is 12.2 Å². The van der Waals surface area contributed by atoms with Crippen molar-refractivity contribution in [3.8, 4) is 0 Å². The second-order valence-corrected chi connectivity index (χ2v) is 7.03. The van der Waals surface area contributed by atoms with Crippen LogP contribution in [0.3, 0.4) is 0 Å². The third kappa shape index (κ3) is 3.48. The van der Waals surface area contributed by atoms with Gasteiger partial charge in [-0.25, -0.2) is 9.86 Å². The minimum Gasteiger partial charge on any atom is -0.444 e. The van der Waals surface area contributed by atoms with Gasteiger partial charge in [0.2, 0.25) is 5.91 Å². The highest BCUT2D eigenvalue weighted by Crippen LogP contribution is 2.43. The van der Waals surface area contributed by atoms with E-state index in [2.05, 4.69) is 0 Å². The summed E-state index contributed by atoms with van der Waals surface area (Å²) in [5.41, 5.74) is -0.487. The van der Waals surface area contributed by atoms with Crippen molar-refractivity contribution < 1.29 is 19.2 Å². The first-order valence-corrected chi connectivity index (χ1v) is 7.52. The van der Waals surface area contributed by atoms with Crippen molar-refractivity contribution in [3.63, 3.8) is 0 Å². The summed E-state index contributed by atoms with van der Waals surface area (Å²) in [6.07, 6.45) is 1.70.